The smallest absolute Gasteiger partial charge is 0.0789 e. The zero-order chi connectivity index (χ0) is 7.78. The summed E-state index contributed by atoms with van der Waals surface area (Å²) in [7, 11) is 2.58. The Balaban J connectivity index is 2.96. The highest BCUT2D eigenvalue weighted by Crippen LogP contribution is 2.10. The Morgan fingerprint density at radius 3 is 2.30 bits per heavy atom. The quantitative estimate of drug-likeness (QED) is 0.515. The monoisotopic (exact) mass is 156 g/mol. The van der Waals surface area contributed by atoms with E-state index in [4.69, 9.17) is 0 Å². The predicted octanol–water partition coefficient (Wildman–Crippen LogP) is 1.14. The SMILES string of the molecule is CC(C)(C)n1ccc(P)n1. The lowest BCUT2D eigenvalue weighted by atomic mass is 10.1. The van der Waals surface area contributed by atoms with Crippen LogP contribution in [0.5, 0.6) is 0 Å². The van der Waals surface area contributed by atoms with E-state index in [1.54, 1.807) is 0 Å². The number of hydrogen-bond donors (Lipinski definition) is 0. The van der Waals surface area contributed by atoms with Gasteiger partial charge < -0.3 is 0 Å². The van der Waals surface area contributed by atoms with E-state index in [9.17, 15) is 0 Å². The Morgan fingerprint density at radius 2 is 2.10 bits per heavy atom. The molecule has 0 aliphatic carbocycles. The van der Waals surface area contributed by atoms with E-state index in [1.807, 2.05) is 16.9 Å². The van der Waals surface area contributed by atoms with E-state index in [-0.39, 0.29) is 5.54 Å². The van der Waals surface area contributed by atoms with E-state index in [0.717, 1.165) is 5.44 Å². The topological polar surface area (TPSA) is 17.8 Å². The van der Waals surface area contributed by atoms with Crippen LogP contribution in [-0.4, -0.2) is 9.78 Å². The first kappa shape index (κ1) is 7.74. The van der Waals surface area contributed by atoms with Crippen LogP contribution < -0.4 is 5.44 Å². The first-order chi connectivity index (χ1) is 4.50. The molecule has 1 aromatic rings. The Bertz CT molecular complexity index is 222. The standard InChI is InChI=1S/C7H13N2P/c1-7(2,3)9-5-4-6(10)8-9/h4-5H,10H2,1-3H3. The van der Waals surface area contributed by atoms with Gasteiger partial charge in [-0.2, -0.15) is 5.10 Å². The number of aromatic nitrogens is 2. The third-order valence-corrected chi connectivity index (χ3v) is 1.60. The van der Waals surface area contributed by atoms with Crippen LogP contribution in [0.1, 0.15) is 20.8 Å². The molecular weight excluding hydrogens is 143 g/mol. The Morgan fingerprint density at radius 1 is 1.50 bits per heavy atom. The van der Waals surface area contributed by atoms with Gasteiger partial charge in [-0.15, -0.1) is 0 Å². The molecule has 0 aliphatic rings. The van der Waals surface area contributed by atoms with Crippen LogP contribution in [-0.2, 0) is 5.54 Å². The van der Waals surface area contributed by atoms with Crippen molar-refractivity contribution in [3.8, 4) is 0 Å². The summed E-state index contributed by atoms with van der Waals surface area (Å²) in [6, 6.07) is 1.98. The lowest BCUT2D eigenvalue weighted by molar-refractivity contribution is 0.357. The summed E-state index contributed by atoms with van der Waals surface area (Å²) < 4.78 is 1.95. The molecule has 0 N–H and O–H groups in total. The fraction of sp³-hybridized carbons (Fsp3) is 0.571. The summed E-state index contributed by atoms with van der Waals surface area (Å²) in [6.07, 6.45) is 1.99. The van der Waals surface area contributed by atoms with E-state index >= 15 is 0 Å². The van der Waals surface area contributed by atoms with Gasteiger partial charge in [0.1, 0.15) is 0 Å². The van der Waals surface area contributed by atoms with Crippen molar-refractivity contribution in [1.82, 2.24) is 9.78 Å². The average Bonchev–Trinajstić information content (AvgIpc) is 2.11. The average molecular weight is 156 g/mol. The summed E-state index contributed by atoms with van der Waals surface area (Å²) in [4.78, 5) is 0. The molecule has 2 nitrogen and oxygen atoms in total. The third kappa shape index (κ3) is 1.57. The van der Waals surface area contributed by atoms with Crippen LogP contribution in [0.2, 0.25) is 0 Å². The molecule has 10 heavy (non-hydrogen) atoms. The second-order valence-corrected chi connectivity index (χ2v) is 3.95. The molecule has 3 heteroatoms. The molecule has 56 valence electrons. The van der Waals surface area contributed by atoms with Gasteiger partial charge in [-0.05, 0) is 26.8 Å². The fourth-order valence-corrected chi connectivity index (χ4v) is 0.922. The molecule has 0 saturated heterocycles. The molecular formula is C7H13N2P. The van der Waals surface area contributed by atoms with Crippen molar-refractivity contribution in [3.63, 3.8) is 0 Å². The van der Waals surface area contributed by atoms with E-state index in [0.29, 0.717) is 0 Å². The van der Waals surface area contributed by atoms with Crippen molar-refractivity contribution in [2.75, 3.05) is 0 Å². The highest BCUT2D eigenvalue weighted by molar-refractivity contribution is 7.26. The molecule has 1 atom stereocenters. The van der Waals surface area contributed by atoms with E-state index in [1.165, 1.54) is 0 Å². The fourth-order valence-electron chi connectivity index (χ4n) is 0.712. The van der Waals surface area contributed by atoms with Gasteiger partial charge in [0.25, 0.3) is 0 Å². The largest absolute Gasteiger partial charge is 0.267 e. The van der Waals surface area contributed by atoms with Crippen LogP contribution in [0.4, 0.5) is 0 Å². The predicted molar refractivity (Wildman–Crippen MR) is 46.6 cm³/mol. The van der Waals surface area contributed by atoms with Crippen LogP contribution in [0.3, 0.4) is 0 Å². The normalized spacial score (nSPS) is 12.0. The minimum atomic E-state index is 0.106. The van der Waals surface area contributed by atoms with E-state index in [2.05, 4.69) is 35.1 Å². The van der Waals surface area contributed by atoms with Crippen molar-refractivity contribution in [1.29, 1.82) is 0 Å². The minimum Gasteiger partial charge on any atom is -0.267 e. The number of hydrogen-bond acceptors (Lipinski definition) is 1. The highest BCUT2D eigenvalue weighted by atomic mass is 31.0. The molecule has 0 radical (unpaired) electrons. The molecule has 0 aromatic carbocycles. The summed E-state index contributed by atoms with van der Waals surface area (Å²) >= 11 is 0. The molecule has 1 unspecified atom stereocenters. The molecule has 0 spiro atoms. The van der Waals surface area contributed by atoms with Crippen molar-refractivity contribution >= 4 is 14.7 Å². The van der Waals surface area contributed by atoms with Crippen LogP contribution in [0.25, 0.3) is 0 Å². The van der Waals surface area contributed by atoms with Gasteiger partial charge in [-0.1, -0.05) is 9.24 Å². The number of nitrogens with zero attached hydrogens (tertiary/aromatic N) is 2. The maximum absolute atomic E-state index is 4.26. The first-order valence-electron chi connectivity index (χ1n) is 3.32. The minimum absolute atomic E-state index is 0.106. The first-order valence-corrected chi connectivity index (χ1v) is 3.89. The van der Waals surface area contributed by atoms with Gasteiger partial charge in [0.15, 0.2) is 0 Å². The molecule has 1 heterocycles. The maximum Gasteiger partial charge on any atom is 0.0789 e. The Hall–Kier alpha value is -0.360. The highest BCUT2D eigenvalue weighted by Gasteiger charge is 2.12. The van der Waals surface area contributed by atoms with Crippen molar-refractivity contribution in [2.45, 2.75) is 26.3 Å². The molecule has 0 fully saturated rings. The molecule has 0 bridgehead atoms. The summed E-state index contributed by atoms with van der Waals surface area (Å²) in [5.74, 6) is 0. The zero-order valence-electron chi connectivity index (χ0n) is 6.63. The van der Waals surface area contributed by atoms with Gasteiger partial charge in [-0.3, -0.25) is 4.68 Å². The summed E-state index contributed by atoms with van der Waals surface area (Å²) in [6.45, 7) is 6.39. The van der Waals surface area contributed by atoms with Crippen molar-refractivity contribution < 1.29 is 0 Å². The zero-order valence-corrected chi connectivity index (χ0v) is 7.78. The van der Waals surface area contributed by atoms with Gasteiger partial charge in [0.2, 0.25) is 0 Å². The van der Waals surface area contributed by atoms with Gasteiger partial charge in [-0.25, -0.2) is 0 Å². The van der Waals surface area contributed by atoms with Crippen molar-refractivity contribution in [3.05, 3.63) is 12.3 Å². The number of rotatable bonds is 0. The molecule has 0 aliphatic heterocycles. The maximum atomic E-state index is 4.26. The van der Waals surface area contributed by atoms with E-state index < -0.39 is 0 Å². The Labute approximate surface area is 63.8 Å². The Kier molecular flexibility index (Phi) is 1.82. The lowest BCUT2D eigenvalue weighted by Crippen LogP contribution is -2.23. The van der Waals surface area contributed by atoms with Crippen LogP contribution in [0.15, 0.2) is 12.3 Å². The third-order valence-electron chi connectivity index (χ3n) is 1.30. The molecule has 1 aromatic heterocycles. The van der Waals surface area contributed by atoms with Crippen molar-refractivity contribution in [2.24, 2.45) is 0 Å². The molecule has 1 rings (SSSR count). The summed E-state index contributed by atoms with van der Waals surface area (Å²) in [5, 5.41) is 4.26. The summed E-state index contributed by atoms with van der Waals surface area (Å²) in [5.41, 5.74) is 1.10. The van der Waals surface area contributed by atoms with Gasteiger partial charge in [0.05, 0.1) is 11.0 Å². The second-order valence-electron chi connectivity index (χ2n) is 3.36. The van der Waals surface area contributed by atoms with Gasteiger partial charge in [0, 0.05) is 6.20 Å². The van der Waals surface area contributed by atoms with Gasteiger partial charge >= 0.3 is 0 Å². The molecule has 0 saturated carbocycles. The van der Waals surface area contributed by atoms with Crippen LogP contribution in [0, 0.1) is 0 Å². The molecule has 0 amide bonds. The van der Waals surface area contributed by atoms with Crippen LogP contribution >= 0.6 is 9.24 Å². The lowest BCUT2D eigenvalue weighted by Gasteiger charge is -2.18. The second kappa shape index (κ2) is 2.35.